The van der Waals surface area contributed by atoms with Crippen molar-refractivity contribution in [3.05, 3.63) is 0 Å². The highest BCUT2D eigenvalue weighted by atomic mass is 16.2. The van der Waals surface area contributed by atoms with E-state index in [9.17, 15) is 9.59 Å². The molecule has 0 aliphatic heterocycles. The summed E-state index contributed by atoms with van der Waals surface area (Å²) in [5.74, 6) is -0.333. The van der Waals surface area contributed by atoms with Gasteiger partial charge in [0.15, 0.2) is 0 Å². The van der Waals surface area contributed by atoms with E-state index in [2.05, 4.69) is 0 Å². The van der Waals surface area contributed by atoms with Gasteiger partial charge in [-0.15, -0.1) is 0 Å². The molecule has 2 N–H and O–H groups in total. The summed E-state index contributed by atoms with van der Waals surface area (Å²) < 4.78 is 0. The highest BCUT2D eigenvalue weighted by molar-refractivity contribution is 5.98. The van der Waals surface area contributed by atoms with Crippen LogP contribution in [0.4, 0.5) is 0 Å². The van der Waals surface area contributed by atoms with Crippen LogP contribution in [0.1, 0.15) is 64.2 Å². The molecule has 1 aliphatic rings. The lowest BCUT2D eigenvalue weighted by Gasteiger charge is -2.16. The van der Waals surface area contributed by atoms with Crippen LogP contribution in [-0.4, -0.2) is 11.7 Å². The normalized spacial score (nSPS) is 20.2. The van der Waals surface area contributed by atoms with E-state index in [4.69, 9.17) is 5.73 Å². The molecule has 0 bridgehead atoms. The lowest BCUT2D eigenvalue weighted by molar-refractivity contribution is -0.129. The van der Waals surface area contributed by atoms with E-state index in [1.165, 1.54) is 32.1 Å². The van der Waals surface area contributed by atoms with Gasteiger partial charge in [-0.05, 0) is 12.8 Å². The van der Waals surface area contributed by atoms with E-state index in [1.807, 2.05) is 0 Å². The predicted octanol–water partition coefficient (Wildman–Crippen LogP) is 2.57. The molecule has 1 rings (SSSR count). The van der Waals surface area contributed by atoms with Crippen molar-refractivity contribution >= 4 is 11.7 Å². The number of hydrogen-bond donors (Lipinski definition) is 1. The monoisotopic (exact) mass is 225 g/mol. The summed E-state index contributed by atoms with van der Waals surface area (Å²) in [6, 6.07) is 0. The first-order valence-corrected chi connectivity index (χ1v) is 6.51. The Bertz CT molecular complexity index is 228. The lowest BCUT2D eigenvalue weighted by Crippen LogP contribution is -2.22. The quantitative estimate of drug-likeness (QED) is 0.750. The van der Waals surface area contributed by atoms with Crippen LogP contribution in [0.15, 0.2) is 0 Å². The first kappa shape index (κ1) is 13.2. The van der Waals surface area contributed by atoms with E-state index in [0.29, 0.717) is 0 Å². The number of primary amides is 1. The maximum atomic E-state index is 11.8. The minimum absolute atomic E-state index is 0.0630. The Kier molecular flexibility index (Phi) is 6.12. The molecule has 0 spiro atoms. The minimum atomic E-state index is -0.484. The maximum absolute atomic E-state index is 11.8. The number of Topliss-reactive ketones (excluding diaryl/α,β-unsaturated/α-hetero) is 1. The summed E-state index contributed by atoms with van der Waals surface area (Å²) in [7, 11) is 0. The van der Waals surface area contributed by atoms with Crippen LogP contribution >= 0.6 is 0 Å². The highest BCUT2D eigenvalue weighted by Crippen LogP contribution is 2.22. The Morgan fingerprint density at radius 3 is 1.75 bits per heavy atom. The second kappa shape index (κ2) is 7.42. The second-order valence-corrected chi connectivity index (χ2v) is 4.86. The van der Waals surface area contributed by atoms with Crippen molar-refractivity contribution in [1.29, 1.82) is 0 Å². The number of nitrogens with two attached hydrogens (primary N) is 1. The Morgan fingerprint density at radius 2 is 1.31 bits per heavy atom. The smallest absolute Gasteiger partial charge is 0.224 e. The Hall–Kier alpha value is -0.860. The van der Waals surface area contributed by atoms with Crippen molar-refractivity contribution in [2.24, 2.45) is 11.7 Å². The van der Waals surface area contributed by atoms with Gasteiger partial charge in [-0.3, -0.25) is 9.59 Å². The number of amides is 1. The average Bonchev–Trinajstić information content (AvgIpc) is 2.24. The summed E-state index contributed by atoms with van der Waals surface area (Å²) in [4.78, 5) is 22.5. The van der Waals surface area contributed by atoms with Gasteiger partial charge in [-0.25, -0.2) is 0 Å². The fourth-order valence-corrected chi connectivity index (χ4v) is 2.45. The molecule has 0 atom stereocenters. The molecule has 0 saturated heterocycles. The number of carbonyl (C=O) groups excluding carboxylic acids is 2. The lowest BCUT2D eigenvalue weighted by atomic mass is 9.88. The van der Waals surface area contributed by atoms with Crippen LogP contribution in [0, 0.1) is 5.92 Å². The first-order chi connectivity index (χ1) is 7.70. The summed E-state index contributed by atoms with van der Waals surface area (Å²) in [5.41, 5.74) is 5.07. The highest BCUT2D eigenvalue weighted by Gasteiger charge is 2.19. The Labute approximate surface area is 97.8 Å². The number of ketones is 1. The van der Waals surface area contributed by atoms with Gasteiger partial charge in [0, 0.05) is 5.92 Å². The Balaban J connectivity index is 2.40. The first-order valence-electron chi connectivity index (χ1n) is 6.51. The van der Waals surface area contributed by atoms with Crippen molar-refractivity contribution < 1.29 is 9.59 Å². The zero-order chi connectivity index (χ0) is 11.8. The second-order valence-electron chi connectivity index (χ2n) is 4.86. The molecule has 0 unspecified atom stereocenters. The topological polar surface area (TPSA) is 60.2 Å². The molecule has 1 aliphatic carbocycles. The summed E-state index contributed by atoms with van der Waals surface area (Å²) >= 11 is 0. The van der Waals surface area contributed by atoms with Crippen molar-refractivity contribution in [2.45, 2.75) is 64.2 Å². The van der Waals surface area contributed by atoms with Crippen LogP contribution in [0.5, 0.6) is 0 Å². The summed E-state index contributed by atoms with van der Waals surface area (Å²) in [5, 5.41) is 0. The number of hydrogen-bond acceptors (Lipinski definition) is 2. The molecule has 16 heavy (non-hydrogen) atoms. The zero-order valence-corrected chi connectivity index (χ0v) is 10.0. The number of carbonyl (C=O) groups is 2. The summed E-state index contributed by atoms with van der Waals surface area (Å²) in [6.45, 7) is 0. The third-order valence-electron chi connectivity index (χ3n) is 3.41. The molecule has 0 aromatic heterocycles. The van der Waals surface area contributed by atoms with Gasteiger partial charge in [0.2, 0.25) is 5.91 Å². The molecule has 0 heterocycles. The predicted molar refractivity (Wildman–Crippen MR) is 63.9 cm³/mol. The largest absolute Gasteiger partial charge is 0.369 e. The molecule has 3 heteroatoms. The van der Waals surface area contributed by atoms with Gasteiger partial charge in [-0.1, -0.05) is 44.9 Å². The van der Waals surface area contributed by atoms with Crippen molar-refractivity contribution in [3.8, 4) is 0 Å². The molecule has 92 valence electrons. The fraction of sp³-hybridized carbons (Fsp3) is 0.846. The number of rotatable bonds is 3. The van der Waals surface area contributed by atoms with Crippen molar-refractivity contribution in [2.75, 3.05) is 0 Å². The fourth-order valence-electron chi connectivity index (χ4n) is 2.45. The maximum Gasteiger partial charge on any atom is 0.224 e. The van der Waals surface area contributed by atoms with E-state index in [0.717, 1.165) is 25.7 Å². The van der Waals surface area contributed by atoms with Gasteiger partial charge in [-0.2, -0.15) is 0 Å². The molecule has 1 saturated carbocycles. The van der Waals surface area contributed by atoms with Gasteiger partial charge < -0.3 is 5.73 Å². The summed E-state index contributed by atoms with van der Waals surface area (Å²) in [6.07, 6.45) is 10.4. The van der Waals surface area contributed by atoms with Crippen LogP contribution < -0.4 is 5.73 Å². The molecule has 0 radical (unpaired) electrons. The third-order valence-corrected chi connectivity index (χ3v) is 3.41. The standard InChI is InChI=1S/C13H23NO2/c14-13(16)10-12(15)11-8-6-4-2-1-3-5-7-9-11/h11H,1-10H2,(H2,14,16). The zero-order valence-electron chi connectivity index (χ0n) is 10.0. The molecule has 0 aromatic rings. The van der Waals surface area contributed by atoms with E-state index < -0.39 is 5.91 Å². The molecule has 1 fully saturated rings. The van der Waals surface area contributed by atoms with E-state index >= 15 is 0 Å². The third kappa shape index (κ3) is 5.29. The molecular formula is C13H23NO2. The Morgan fingerprint density at radius 1 is 0.875 bits per heavy atom. The average molecular weight is 225 g/mol. The van der Waals surface area contributed by atoms with Crippen LogP contribution in [0.25, 0.3) is 0 Å². The minimum Gasteiger partial charge on any atom is -0.369 e. The van der Waals surface area contributed by atoms with Crippen molar-refractivity contribution in [3.63, 3.8) is 0 Å². The van der Waals surface area contributed by atoms with Gasteiger partial charge in [0.05, 0.1) is 6.42 Å². The molecular weight excluding hydrogens is 202 g/mol. The van der Waals surface area contributed by atoms with Crippen LogP contribution in [-0.2, 0) is 9.59 Å². The molecule has 1 amide bonds. The van der Waals surface area contributed by atoms with Crippen LogP contribution in [0.2, 0.25) is 0 Å². The SMILES string of the molecule is NC(=O)CC(=O)C1CCCCCCCCC1. The van der Waals surface area contributed by atoms with E-state index in [1.54, 1.807) is 0 Å². The van der Waals surface area contributed by atoms with Crippen molar-refractivity contribution in [1.82, 2.24) is 0 Å². The van der Waals surface area contributed by atoms with Gasteiger partial charge >= 0.3 is 0 Å². The van der Waals surface area contributed by atoms with Crippen LogP contribution in [0.3, 0.4) is 0 Å². The molecule has 0 aromatic carbocycles. The molecule has 3 nitrogen and oxygen atoms in total. The van der Waals surface area contributed by atoms with Gasteiger partial charge in [0.1, 0.15) is 5.78 Å². The van der Waals surface area contributed by atoms with Gasteiger partial charge in [0.25, 0.3) is 0 Å². The van der Waals surface area contributed by atoms with E-state index in [-0.39, 0.29) is 18.1 Å².